The summed E-state index contributed by atoms with van der Waals surface area (Å²) in [5.74, 6) is -1.05. The molecule has 0 heterocycles. The molecule has 0 rings (SSSR count). The van der Waals surface area contributed by atoms with E-state index in [0.29, 0.717) is 0 Å². The fourth-order valence-electron chi connectivity index (χ4n) is 0.164. The van der Waals surface area contributed by atoms with E-state index in [2.05, 4.69) is 16.3 Å². The summed E-state index contributed by atoms with van der Waals surface area (Å²) >= 11 is 4.62. The first-order valence-electron chi connectivity index (χ1n) is 2.13. The molecule has 0 radical (unpaired) electrons. The summed E-state index contributed by atoms with van der Waals surface area (Å²) in [6, 6.07) is 0. The second-order valence-corrected chi connectivity index (χ2v) is 1.64. The van der Waals surface area contributed by atoms with Crippen LogP contribution in [0.3, 0.4) is 0 Å². The van der Waals surface area contributed by atoms with Crippen molar-refractivity contribution in [2.75, 3.05) is 0 Å². The fraction of sp³-hybridized carbons (Fsp3) is 0.500. The monoisotopic (exact) mass is 152 g/mol. The van der Waals surface area contributed by atoms with E-state index in [0.717, 1.165) is 0 Å². The van der Waals surface area contributed by atoms with Crippen LogP contribution in [0.15, 0.2) is 0 Å². The van der Waals surface area contributed by atoms with Gasteiger partial charge in [-0.1, -0.05) is 0 Å². The number of halogens is 1. The molecule has 0 saturated carbocycles. The van der Waals surface area contributed by atoms with Gasteiger partial charge in [0.15, 0.2) is 0 Å². The zero-order valence-electron chi connectivity index (χ0n) is 4.63. The minimum atomic E-state index is -1.31. The van der Waals surface area contributed by atoms with E-state index in [9.17, 15) is 9.59 Å². The molecule has 0 aromatic carbocycles. The molecule has 0 amide bonds. The molecule has 0 aliphatic heterocycles. The summed E-state index contributed by atoms with van der Waals surface area (Å²) in [7, 11) is 0. The second-order valence-electron chi connectivity index (χ2n) is 1.33. The lowest BCUT2D eigenvalue weighted by atomic mass is 10.4. The minimum absolute atomic E-state index is 1.05. The third-order valence-electron chi connectivity index (χ3n) is 0.522. The molecule has 0 fully saturated rings. The van der Waals surface area contributed by atoms with Crippen LogP contribution < -0.4 is 0 Å². The van der Waals surface area contributed by atoms with Crippen molar-refractivity contribution < 1.29 is 19.4 Å². The average molecular weight is 153 g/mol. The van der Waals surface area contributed by atoms with Crippen molar-refractivity contribution >= 4 is 23.0 Å². The summed E-state index contributed by atoms with van der Waals surface area (Å²) in [4.78, 5) is 19.9. The fourth-order valence-corrected chi connectivity index (χ4v) is 0.240. The highest BCUT2D eigenvalue weighted by atomic mass is 35.5. The van der Waals surface area contributed by atoms with Gasteiger partial charge in [-0.2, -0.15) is 0 Å². The van der Waals surface area contributed by atoms with Gasteiger partial charge in [-0.15, -0.1) is 0 Å². The summed E-state index contributed by atoms with van der Waals surface area (Å²) in [6.45, 7) is 1.17. The first-order chi connectivity index (χ1) is 4.04. The maximum atomic E-state index is 10.2. The van der Waals surface area contributed by atoms with Crippen LogP contribution in [0.1, 0.15) is 6.92 Å². The van der Waals surface area contributed by atoms with Gasteiger partial charge in [-0.25, -0.2) is 9.59 Å². The lowest BCUT2D eigenvalue weighted by Gasteiger charge is -1.98. The molecule has 0 aromatic rings. The van der Waals surface area contributed by atoms with Crippen molar-refractivity contribution in [3.8, 4) is 0 Å². The van der Waals surface area contributed by atoms with E-state index >= 15 is 0 Å². The normalized spacial score (nSPS) is 12.3. The molecular weight excluding hydrogens is 147 g/mol. The Kier molecular flexibility index (Phi) is 3.19. The second kappa shape index (κ2) is 3.42. The Bertz CT molecular complexity index is 131. The van der Waals surface area contributed by atoms with Crippen LogP contribution in [0.4, 0.5) is 4.79 Å². The van der Waals surface area contributed by atoms with E-state index in [1.54, 1.807) is 0 Å². The first kappa shape index (κ1) is 8.39. The Morgan fingerprint density at radius 3 is 2.22 bits per heavy atom. The van der Waals surface area contributed by atoms with Gasteiger partial charge in [0.1, 0.15) is 6.10 Å². The molecule has 1 unspecified atom stereocenters. The van der Waals surface area contributed by atoms with Crippen molar-refractivity contribution in [2.24, 2.45) is 0 Å². The van der Waals surface area contributed by atoms with Gasteiger partial charge < -0.3 is 9.84 Å². The summed E-state index contributed by atoms with van der Waals surface area (Å²) in [5, 5.41) is 8.38. The van der Waals surface area contributed by atoms with Gasteiger partial charge in [0.05, 0.1) is 0 Å². The topological polar surface area (TPSA) is 63.6 Å². The maximum absolute atomic E-state index is 10.2. The number of aliphatic hydroxyl groups excluding tert-OH is 1. The van der Waals surface area contributed by atoms with Gasteiger partial charge in [0.2, 0.25) is 0 Å². The van der Waals surface area contributed by atoms with Crippen molar-refractivity contribution in [2.45, 2.75) is 13.0 Å². The number of hydrogen-bond acceptors (Lipinski definition) is 4. The van der Waals surface area contributed by atoms with E-state index in [4.69, 9.17) is 5.11 Å². The molecule has 0 spiro atoms. The average Bonchev–Trinajstić information content (AvgIpc) is 1.63. The molecule has 1 atom stereocenters. The highest BCUT2D eigenvalue weighted by molar-refractivity contribution is 6.61. The standard InChI is InChI=1S/C4H5ClO4/c1-2(6)3(7)9-4(5)8/h2,6H,1H3. The lowest BCUT2D eigenvalue weighted by Crippen LogP contribution is -2.20. The Labute approximate surface area is 56.4 Å². The van der Waals surface area contributed by atoms with Gasteiger partial charge in [-0.05, 0) is 6.92 Å². The molecule has 0 aromatic heterocycles. The predicted octanol–water partition coefficient (Wildman–Crippen LogP) is 0.269. The van der Waals surface area contributed by atoms with Crippen molar-refractivity contribution in [1.82, 2.24) is 0 Å². The van der Waals surface area contributed by atoms with Crippen LogP contribution in [0.2, 0.25) is 0 Å². The number of esters is 1. The molecule has 9 heavy (non-hydrogen) atoms. The Morgan fingerprint density at radius 2 is 2.11 bits per heavy atom. The third-order valence-corrected chi connectivity index (χ3v) is 0.599. The molecule has 0 saturated heterocycles. The van der Waals surface area contributed by atoms with Gasteiger partial charge in [0, 0.05) is 11.6 Å². The molecule has 1 N–H and O–H groups in total. The highest BCUT2D eigenvalue weighted by Crippen LogP contribution is 1.91. The SMILES string of the molecule is CC(O)C(=O)OC(=O)Cl. The van der Waals surface area contributed by atoms with Crippen LogP contribution in [-0.2, 0) is 9.53 Å². The van der Waals surface area contributed by atoms with E-state index in [1.165, 1.54) is 6.92 Å². The molecule has 4 nitrogen and oxygen atoms in total. The number of aliphatic hydroxyl groups is 1. The maximum Gasteiger partial charge on any atom is 0.411 e. The highest BCUT2D eigenvalue weighted by Gasteiger charge is 2.12. The quantitative estimate of drug-likeness (QED) is 0.333. The molecule has 0 bridgehead atoms. The number of carbonyl (C=O) groups excluding carboxylic acids is 2. The van der Waals surface area contributed by atoms with Crippen LogP contribution >= 0.6 is 11.6 Å². The smallest absolute Gasteiger partial charge is 0.382 e. The zero-order chi connectivity index (χ0) is 7.44. The molecule has 5 heteroatoms. The number of carbonyl (C=O) groups is 2. The first-order valence-corrected chi connectivity index (χ1v) is 2.51. The van der Waals surface area contributed by atoms with Gasteiger partial charge >= 0.3 is 11.4 Å². The van der Waals surface area contributed by atoms with E-state index in [1.807, 2.05) is 0 Å². The van der Waals surface area contributed by atoms with Gasteiger partial charge in [-0.3, -0.25) is 0 Å². The summed E-state index contributed by atoms with van der Waals surface area (Å²) in [6.07, 6.45) is -1.31. The molecule has 0 aliphatic rings. The summed E-state index contributed by atoms with van der Waals surface area (Å²) in [5.41, 5.74) is -1.24. The summed E-state index contributed by atoms with van der Waals surface area (Å²) < 4.78 is 3.75. The van der Waals surface area contributed by atoms with Crippen LogP contribution in [0.25, 0.3) is 0 Å². The molecule has 0 aliphatic carbocycles. The Morgan fingerprint density at radius 1 is 1.67 bits per heavy atom. The number of ether oxygens (including phenoxy) is 1. The largest absolute Gasteiger partial charge is 0.411 e. The molecular formula is C4H5ClO4. The van der Waals surface area contributed by atoms with Crippen molar-refractivity contribution in [1.29, 1.82) is 0 Å². The van der Waals surface area contributed by atoms with Gasteiger partial charge in [0.25, 0.3) is 0 Å². The van der Waals surface area contributed by atoms with Crippen molar-refractivity contribution in [3.05, 3.63) is 0 Å². The van der Waals surface area contributed by atoms with E-state index in [-0.39, 0.29) is 0 Å². The minimum Gasteiger partial charge on any atom is -0.382 e. The number of hydrogen-bond donors (Lipinski definition) is 1. The zero-order valence-corrected chi connectivity index (χ0v) is 5.38. The number of rotatable bonds is 1. The Hall–Kier alpha value is -0.610. The third kappa shape index (κ3) is 3.93. The van der Waals surface area contributed by atoms with Crippen LogP contribution in [0, 0.1) is 0 Å². The predicted molar refractivity (Wildman–Crippen MR) is 29.0 cm³/mol. The molecule has 52 valence electrons. The Balaban J connectivity index is 3.64. The van der Waals surface area contributed by atoms with Crippen LogP contribution in [0.5, 0.6) is 0 Å². The van der Waals surface area contributed by atoms with Crippen LogP contribution in [-0.4, -0.2) is 22.6 Å². The van der Waals surface area contributed by atoms with Crippen molar-refractivity contribution in [3.63, 3.8) is 0 Å². The van der Waals surface area contributed by atoms with E-state index < -0.39 is 17.5 Å². The lowest BCUT2D eigenvalue weighted by molar-refractivity contribution is -0.144.